The van der Waals surface area contributed by atoms with Crippen molar-refractivity contribution in [3.05, 3.63) is 108 Å². The zero-order valence-electron chi connectivity index (χ0n) is 18.1. The van der Waals surface area contributed by atoms with E-state index < -0.39 is 0 Å². The van der Waals surface area contributed by atoms with Crippen molar-refractivity contribution >= 4 is 32.7 Å². The van der Waals surface area contributed by atoms with Gasteiger partial charge in [-0.15, -0.1) is 0 Å². The van der Waals surface area contributed by atoms with E-state index in [1.807, 2.05) is 0 Å². The standard InChI is InChI=1S/C31H22O/c1-31(2)26-15-6-5-12-22(26)24-17-25-29(18-27(24)31)32-28-16-8-14-23(30(25)28)21-13-7-10-19-9-3-4-11-20(19)21/h3-18H,1-2H3. The molecule has 6 aromatic rings. The first-order chi connectivity index (χ1) is 15.6. The van der Waals surface area contributed by atoms with E-state index >= 15 is 0 Å². The van der Waals surface area contributed by atoms with E-state index in [1.165, 1.54) is 54.9 Å². The summed E-state index contributed by atoms with van der Waals surface area (Å²) in [6.45, 7) is 4.63. The summed E-state index contributed by atoms with van der Waals surface area (Å²) in [5, 5.41) is 4.91. The van der Waals surface area contributed by atoms with E-state index in [9.17, 15) is 0 Å². The molecule has 5 aromatic carbocycles. The Bertz CT molecular complexity index is 1690. The summed E-state index contributed by atoms with van der Waals surface area (Å²) < 4.78 is 6.44. The lowest BCUT2D eigenvalue weighted by Gasteiger charge is -2.21. The summed E-state index contributed by atoms with van der Waals surface area (Å²) in [5.41, 5.74) is 9.75. The molecule has 0 atom stereocenters. The summed E-state index contributed by atoms with van der Waals surface area (Å²) in [6, 6.07) is 35.0. The molecule has 0 spiro atoms. The monoisotopic (exact) mass is 410 g/mol. The van der Waals surface area contributed by atoms with Crippen LogP contribution in [0.25, 0.3) is 55.0 Å². The minimum atomic E-state index is -0.0302. The van der Waals surface area contributed by atoms with Crippen LogP contribution in [-0.2, 0) is 5.41 Å². The highest BCUT2D eigenvalue weighted by Crippen LogP contribution is 2.51. The Kier molecular flexibility index (Phi) is 3.40. The van der Waals surface area contributed by atoms with E-state index in [1.54, 1.807) is 0 Å². The molecule has 0 N–H and O–H groups in total. The van der Waals surface area contributed by atoms with Crippen LogP contribution in [0.1, 0.15) is 25.0 Å². The molecular weight excluding hydrogens is 388 g/mol. The Morgan fingerprint density at radius 2 is 1.25 bits per heavy atom. The number of fused-ring (bicyclic) bond motifs is 7. The zero-order chi connectivity index (χ0) is 21.4. The summed E-state index contributed by atoms with van der Waals surface area (Å²) in [4.78, 5) is 0. The molecule has 1 nitrogen and oxygen atoms in total. The predicted octanol–water partition coefficient (Wildman–Crippen LogP) is 8.71. The smallest absolute Gasteiger partial charge is 0.136 e. The number of benzene rings is 5. The van der Waals surface area contributed by atoms with Crippen LogP contribution in [0.3, 0.4) is 0 Å². The first-order valence-corrected chi connectivity index (χ1v) is 11.2. The van der Waals surface area contributed by atoms with Crippen LogP contribution >= 0.6 is 0 Å². The van der Waals surface area contributed by atoms with Gasteiger partial charge in [-0.05, 0) is 62.4 Å². The van der Waals surface area contributed by atoms with Gasteiger partial charge in [-0.25, -0.2) is 0 Å². The van der Waals surface area contributed by atoms with Crippen molar-refractivity contribution in [3.63, 3.8) is 0 Å². The van der Waals surface area contributed by atoms with E-state index in [-0.39, 0.29) is 5.41 Å². The quantitative estimate of drug-likeness (QED) is 0.264. The molecule has 0 saturated heterocycles. The highest BCUT2D eigenvalue weighted by molar-refractivity contribution is 6.16. The van der Waals surface area contributed by atoms with Crippen molar-refractivity contribution in [1.82, 2.24) is 0 Å². The molecule has 152 valence electrons. The fourth-order valence-electron chi connectivity index (χ4n) is 5.70. The van der Waals surface area contributed by atoms with Gasteiger partial charge in [0.25, 0.3) is 0 Å². The maximum Gasteiger partial charge on any atom is 0.136 e. The minimum absolute atomic E-state index is 0.0302. The molecule has 0 unspecified atom stereocenters. The van der Waals surface area contributed by atoms with Gasteiger partial charge >= 0.3 is 0 Å². The second kappa shape index (κ2) is 6.11. The highest BCUT2D eigenvalue weighted by Gasteiger charge is 2.36. The Morgan fingerprint density at radius 1 is 0.531 bits per heavy atom. The molecule has 0 radical (unpaired) electrons. The van der Waals surface area contributed by atoms with Crippen LogP contribution in [0.15, 0.2) is 101 Å². The van der Waals surface area contributed by atoms with Gasteiger partial charge in [-0.2, -0.15) is 0 Å². The van der Waals surface area contributed by atoms with E-state index in [0.29, 0.717) is 0 Å². The number of hydrogen-bond donors (Lipinski definition) is 0. The molecule has 32 heavy (non-hydrogen) atoms. The second-order valence-electron chi connectivity index (χ2n) is 9.37. The molecule has 0 amide bonds. The number of furan rings is 1. The van der Waals surface area contributed by atoms with Gasteiger partial charge in [-0.3, -0.25) is 0 Å². The molecule has 7 rings (SSSR count). The third-order valence-electron chi connectivity index (χ3n) is 7.28. The molecule has 0 saturated carbocycles. The normalized spacial score (nSPS) is 14.2. The summed E-state index contributed by atoms with van der Waals surface area (Å²) in [5.74, 6) is 0. The van der Waals surface area contributed by atoms with E-state index in [2.05, 4.69) is 111 Å². The zero-order valence-corrected chi connectivity index (χ0v) is 18.1. The van der Waals surface area contributed by atoms with Gasteiger partial charge < -0.3 is 4.42 Å². The number of hydrogen-bond acceptors (Lipinski definition) is 1. The lowest BCUT2D eigenvalue weighted by atomic mass is 9.82. The maximum absolute atomic E-state index is 6.44. The Balaban J connectivity index is 1.60. The Hall–Kier alpha value is -3.84. The fraction of sp³-hybridized carbons (Fsp3) is 0.0968. The third-order valence-corrected chi connectivity index (χ3v) is 7.28. The largest absolute Gasteiger partial charge is 0.456 e. The average molecular weight is 411 g/mol. The fourth-order valence-corrected chi connectivity index (χ4v) is 5.70. The van der Waals surface area contributed by atoms with Gasteiger partial charge in [0.2, 0.25) is 0 Å². The van der Waals surface area contributed by atoms with Crippen molar-refractivity contribution in [2.75, 3.05) is 0 Å². The lowest BCUT2D eigenvalue weighted by molar-refractivity contribution is 0.647. The summed E-state index contributed by atoms with van der Waals surface area (Å²) >= 11 is 0. The molecule has 1 aliphatic rings. The second-order valence-corrected chi connectivity index (χ2v) is 9.37. The van der Waals surface area contributed by atoms with E-state index in [0.717, 1.165) is 11.2 Å². The first kappa shape index (κ1) is 17.8. The minimum Gasteiger partial charge on any atom is -0.456 e. The molecular formula is C31H22O. The van der Waals surface area contributed by atoms with Crippen LogP contribution < -0.4 is 0 Å². The highest BCUT2D eigenvalue weighted by atomic mass is 16.3. The third kappa shape index (κ3) is 2.23. The van der Waals surface area contributed by atoms with Crippen LogP contribution in [0, 0.1) is 0 Å². The topological polar surface area (TPSA) is 13.1 Å². The van der Waals surface area contributed by atoms with Gasteiger partial charge in [-0.1, -0.05) is 92.7 Å². The van der Waals surface area contributed by atoms with Crippen LogP contribution in [-0.4, -0.2) is 0 Å². The summed E-state index contributed by atoms with van der Waals surface area (Å²) in [7, 11) is 0. The maximum atomic E-state index is 6.44. The van der Waals surface area contributed by atoms with Gasteiger partial charge in [0.15, 0.2) is 0 Å². The number of rotatable bonds is 1. The van der Waals surface area contributed by atoms with Crippen LogP contribution in [0.4, 0.5) is 0 Å². The molecule has 0 bridgehead atoms. The Morgan fingerprint density at radius 3 is 2.19 bits per heavy atom. The molecule has 0 fully saturated rings. The lowest BCUT2D eigenvalue weighted by Crippen LogP contribution is -2.14. The van der Waals surface area contributed by atoms with Crippen molar-refractivity contribution in [1.29, 1.82) is 0 Å². The van der Waals surface area contributed by atoms with Crippen molar-refractivity contribution in [3.8, 4) is 22.3 Å². The molecule has 0 aliphatic heterocycles. The molecule has 1 heteroatoms. The van der Waals surface area contributed by atoms with E-state index in [4.69, 9.17) is 4.42 Å². The van der Waals surface area contributed by atoms with Gasteiger partial charge in [0, 0.05) is 16.2 Å². The van der Waals surface area contributed by atoms with Gasteiger partial charge in [0.1, 0.15) is 11.2 Å². The van der Waals surface area contributed by atoms with Gasteiger partial charge in [0.05, 0.1) is 0 Å². The van der Waals surface area contributed by atoms with Crippen molar-refractivity contribution in [2.45, 2.75) is 19.3 Å². The van der Waals surface area contributed by atoms with Crippen molar-refractivity contribution in [2.24, 2.45) is 0 Å². The average Bonchev–Trinajstić information content (AvgIpc) is 3.30. The summed E-state index contributed by atoms with van der Waals surface area (Å²) in [6.07, 6.45) is 0. The first-order valence-electron chi connectivity index (χ1n) is 11.2. The molecule has 1 aromatic heterocycles. The van der Waals surface area contributed by atoms with Crippen LogP contribution in [0.5, 0.6) is 0 Å². The molecule has 1 aliphatic carbocycles. The van der Waals surface area contributed by atoms with Crippen molar-refractivity contribution < 1.29 is 4.42 Å². The molecule has 1 heterocycles. The SMILES string of the molecule is CC1(C)c2ccccc2-c2cc3c(cc21)oc1cccc(-c2cccc4ccccc24)c13. The predicted molar refractivity (Wildman–Crippen MR) is 134 cm³/mol. The Labute approximate surface area is 186 Å². The van der Waals surface area contributed by atoms with Crippen LogP contribution in [0.2, 0.25) is 0 Å².